The molecule has 1 N–H and O–H groups in total. The molecule has 0 aromatic heterocycles. The molecule has 1 aromatic carbocycles. The average Bonchev–Trinajstić information content (AvgIpc) is 2.58. The molecule has 0 radical (unpaired) electrons. The fourth-order valence-corrected chi connectivity index (χ4v) is 2.87. The number of hydrogen-bond acceptors (Lipinski definition) is 2. The van der Waals surface area contributed by atoms with Crippen LogP contribution in [0, 0.1) is 0 Å². The van der Waals surface area contributed by atoms with E-state index in [1.54, 1.807) is 6.07 Å². The highest BCUT2D eigenvalue weighted by Crippen LogP contribution is 2.29. The highest BCUT2D eigenvalue weighted by Gasteiger charge is 2.30. The summed E-state index contributed by atoms with van der Waals surface area (Å²) in [6.45, 7) is 2.36. The summed E-state index contributed by atoms with van der Waals surface area (Å²) in [4.78, 5) is 7.85. The summed E-state index contributed by atoms with van der Waals surface area (Å²) in [5.41, 5.74) is -0.0983. The number of rotatable bonds is 4. The molecule has 0 aliphatic carbocycles. The minimum atomic E-state index is -4.37. The molecule has 1 fully saturated rings. The number of benzene rings is 1. The molecular weight excluding hydrogens is 501 g/mol. The van der Waals surface area contributed by atoms with Gasteiger partial charge in [-0.15, -0.1) is 24.0 Å². The van der Waals surface area contributed by atoms with E-state index in [0.29, 0.717) is 44.2 Å². The normalized spacial score (nSPS) is 16.7. The highest BCUT2D eigenvalue weighted by molar-refractivity contribution is 14.0. The van der Waals surface area contributed by atoms with Crippen LogP contribution < -0.4 is 5.32 Å². The van der Waals surface area contributed by atoms with Crippen LogP contribution >= 0.6 is 24.0 Å². The van der Waals surface area contributed by atoms with E-state index < -0.39 is 24.3 Å². The Morgan fingerprint density at radius 1 is 1.07 bits per heavy atom. The molecule has 0 spiro atoms. The van der Waals surface area contributed by atoms with Crippen LogP contribution in [0.2, 0.25) is 0 Å². The minimum Gasteiger partial charge on any atom is -0.356 e. The Bertz CT molecular complexity index is 639. The quantitative estimate of drug-likeness (QED) is 0.280. The maximum Gasteiger partial charge on any atom is 0.416 e. The number of nitrogens with zero attached hydrogens (tertiary/aromatic N) is 3. The molecule has 1 aliphatic rings. The number of guanidine groups is 1. The van der Waals surface area contributed by atoms with Gasteiger partial charge in [0.1, 0.15) is 0 Å². The SMILES string of the molecule is CN=C(NCCC(F)(F)F)N1CCN(Cc2cccc(C(F)(F)F)c2)CC1.I. The summed E-state index contributed by atoms with van der Waals surface area (Å²) in [7, 11) is 1.50. The van der Waals surface area contributed by atoms with Gasteiger partial charge in [-0.1, -0.05) is 18.2 Å². The van der Waals surface area contributed by atoms with E-state index in [1.165, 1.54) is 13.1 Å². The first kappa shape index (κ1) is 24.8. The van der Waals surface area contributed by atoms with Gasteiger partial charge in [0.25, 0.3) is 0 Å². The summed E-state index contributed by atoms with van der Waals surface area (Å²) < 4.78 is 75.1. The summed E-state index contributed by atoms with van der Waals surface area (Å²) >= 11 is 0. The lowest BCUT2D eigenvalue weighted by Crippen LogP contribution is -2.52. The lowest BCUT2D eigenvalue weighted by atomic mass is 10.1. The molecule has 2 rings (SSSR count). The van der Waals surface area contributed by atoms with Crippen molar-refractivity contribution in [2.45, 2.75) is 25.3 Å². The molecule has 0 unspecified atom stereocenters. The number of aliphatic imine (C=N–C) groups is 1. The number of halogens is 7. The summed E-state index contributed by atoms with van der Waals surface area (Å²) in [6, 6.07) is 5.22. The van der Waals surface area contributed by atoms with Gasteiger partial charge in [0.2, 0.25) is 0 Å². The zero-order chi connectivity index (χ0) is 20.1. The van der Waals surface area contributed by atoms with Crippen LogP contribution in [0.3, 0.4) is 0 Å². The molecular formula is C17H23F6IN4. The van der Waals surface area contributed by atoms with Crippen LogP contribution in [0.25, 0.3) is 0 Å². The van der Waals surface area contributed by atoms with Gasteiger partial charge in [0.15, 0.2) is 5.96 Å². The van der Waals surface area contributed by atoms with Gasteiger partial charge in [-0.2, -0.15) is 26.3 Å². The van der Waals surface area contributed by atoms with Crippen LogP contribution in [-0.2, 0) is 12.7 Å². The van der Waals surface area contributed by atoms with Gasteiger partial charge < -0.3 is 10.2 Å². The second kappa shape index (κ2) is 10.5. The van der Waals surface area contributed by atoms with E-state index >= 15 is 0 Å². The molecule has 0 amide bonds. The van der Waals surface area contributed by atoms with Gasteiger partial charge in [-0.25, -0.2) is 0 Å². The van der Waals surface area contributed by atoms with Crippen molar-refractivity contribution in [1.82, 2.24) is 15.1 Å². The van der Waals surface area contributed by atoms with Gasteiger partial charge >= 0.3 is 12.4 Å². The smallest absolute Gasteiger partial charge is 0.356 e. The Labute approximate surface area is 177 Å². The minimum absolute atomic E-state index is 0. The predicted octanol–water partition coefficient (Wildman–Crippen LogP) is 3.97. The maximum atomic E-state index is 12.8. The van der Waals surface area contributed by atoms with Crippen molar-refractivity contribution in [3.8, 4) is 0 Å². The molecule has 28 heavy (non-hydrogen) atoms. The zero-order valence-corrected chi connectivity index (χ0v) is 17.6. The van der Waals surface area contributed by atoms with Crippen molar-refractivity contribution in [3.63, 3.8) is 0 Å². The van der Waals surface area contributed by atoms with Gasteiger partial charge in [0, 0.05) is 46.3 Å². The van der Waals surface area contributed by atoms with Crippen molar-refractivity contribution >= 4 is 29.9 Å². The molecule has 0 bridgehead atoms. The summed E-state index contributed by atoms with van der Waals surface area (Å²) in [5.74, 6) is 0.401. The van der Waals surface area contributed by atoms with E-state index in [0.717, 1.165) is 12.1 Å². The van der Waals surface area contributed by atoms with Crippen molar-refractivity contribution in [2.24, 2.45) is 4.99 Å². The third kappa shape index (κ3) is 8.02. The van der Waals surface area contributed by atoms with E-state index in [-0.39, 0.29) is 30.5 Å². The number of hydrogen-bond donors (Lipinski definition) is 1. The molecule has 4 nitrogen and oxygen atoms in total. The Morgan fingerprint density at radius 3 is 2.25 bits per heavy atom. The van der Waals surface area contributed by atoms with E-state index in [1.807, 2.05) is 9.80 Å². The molecule has 160 valence electrons. The fourth-order valence-electron chi connectivity index (χ4n) is 2.87. The molecule has 1 heterocycles. The van der Waals surface area contributed by atoms with Gasteiger partial charge in [-0.3, -0.25) is 9.89 Å². The Balaban J connectivity index is 0.00000392. The molecule has 1 aliphatic heterocycles. The topological polar surface area (TPSA) is 30.9 Å². The Morgan fingerprint density at radius 2 is 1.71 bits per heavy atom. The van der Waals surface area contributed by atoms with E-state index in [2.05, 4.69) is 10.3 Å². The number of nitrogens with one attached hydrogen (secondary N) is 1. The fraction of sp³-hybridized carbons (Fsp3) is 0.588. The number of piperazine rings is 1. The van der Waals surface area contributed by atoms with E-state index in [4.69, 9.17) is 0 Å². The summed E-state index contributed by atoms with van der Waals surface area (Å²) in [6.07, 6.45) is -9.54. The third-order valence-electron chi connectivity index (χ3n) is 4.24. The number of alkyl halides is 6. The molecule has 11 heteroatoms. The molecule has 1 saturated heterocycles. The molecule has 1 aromatic rings. The first-order valence-corrected chi connectivity index (χ1v) is 8.49. The standard InChI is InChI=1S/C17H22F6N4.HI/c1-24-15(25-6-5-16(18,19)20)27-9-7-26(8-10-27)12-13-3-2-4-14(11-13)17(21,22)23;/h2-4,11H,5-10,12H2,1H3,(H,24,25);1H. The lowest BCUT2D eigenvalue weighted by Gasteiger charge is -2.36. The van der Waals surface area contributed by atoms with Crippen molar-refractivity contribution < 1.29 is 26.3 Å². The second-order valence-corrected chi connectivity index (χ2v) is 6.30. The average molecular weight is 524 g/mol. The van der Waals surface area contributed by atoms with E-state index in [9.17, 15) is 26.3 Å². The van der Waals surface area contributed by atoms with Crippen LogP contribution in [0.1, 0.15) is 17.5 Å². The Hall–Kier alpha value is -1.24. The first-order chi connectivity index (χ1) is 12.6. The monoisotopic (exact) mass is 524 g/mol. The Kier molecular flexibility index (Phi) is 9.31. The highest BCUT2D eigenvalue weighted by atomic mass is 127. The van der Waals surface area contributed by atoms with Crippen molar-refractivity contribution in [2.75, 3.05) is 39.8 Å². The second-order valence-electron chi connectivity index (χ2n) is 6.30. The van der Waals surface area contributed by atoms with Crippen LogP contribution in [0.15, 0.2) is 29.3 Å². The van der Waals surface area contributed by atoms with Crippen molar-refractivity contribution in [3.05, 3.63) is 35.4 Å². The van der Waals surface area contributed by atoms with Crippen molar-refractivity contribution in [1.29, 1.82) is 0 Å². The molecule has 0 saturated carbocycles. The van der Waals surface area contributed by atoms with Gasteiger partial charge in [-0.05, 0) is 11.6 Å². The summed E-state index contributed by atoms with van der Waals surface area (Å²) in [5, 5.41) is 2.70. The maximum absolute atomic E-state index is 12.8. The van der Waals surface area contributed by atoms with Crippen LogP contribution in [0.5, 0.6) is 0 Å². The van der Waals surface area contributed by atoms with Gasteiger partial charge in [0.05, 0.1) is 12.0 Å². The zero-order valence-electron chi connectivity index (χ0n) is 15.3. The van der Waals surface area contributed by atoms with Crippen LogP contribution in [-0.4, -0.2) is 61.7 Å². The lowest BCUT2D eigenvalue weighted by molar-refractivity contribution is -0.137. The predicted molar refractivity (Wildman–Crippen MR) is 106 cm³/mol. The third-order valence-corrected chi connectivity index (χ3v) is 4.24. The van der Waals surface area contributed by atoms with Crippen LogP contribution in [0.4, 0.5) is 26.3 Å². The first-order valence-electron chi connectivity index (χ1n) is 8.49. The largest absolute Gasteiger partial charge is 0.416 e. The molecule has 0 atom stereocenters.